The summed E-state index contributed by atoms with van der Waals surface area (Å²) in [5.41, 5.74) is 1.09. The van der Waals surface area contributed by atoms with Gasteiger partial charge in [0.15, 0.2) is 0 Å². The van der Waals surface area contributed by atoms with Crippen molar-refractivity contribution in [2.45, 2.75) is 19.3 Å². The summed E-state index contributed by atoms with van der Waals surface area (Å²) in [6.07, 6.45) is 2.32. The predicted octanol–water partition coefficient (Wildman–Crippen LogP) is 2.12. The summed E-state index contributed by atoms with van der Waals surface area (Å²) in [5.74, 6) is 1.59. The van der Waals surface area contributed by atoms with Crippen LogP contribution in [0.3, 0.4) is 0 Å². The van der Waals surface area contributed by atoms with E-state index < -0.39 is 0 Å². The minimum Gasteiger partial charge on any atom is -0.496 e. The second-order valence-corrected chi connectivity index (χ2v) is 5.26. The molecule has 1 atom stereocenters. The number of para-hydroxylation sites is 1. The number of amides is 1. The molecule has 1 heterocycles. The van der Waals surface area contributed by atoms with Gasteiger partial charge in [0.2, 0.25) is 5.91 Å². The van der Waals surface area contributed by atoms with Gasteiger partial charge in [-0.2, -0.15) is 0 Å². The van der Waals surface area contributed by atoms with Crippen LogP contribution < -0.4 is 4.74 Å². The van der Waals surface area contributed by atoms with Crippen LogP contribution in [-0.2, 0) is 16.0 Å². The lowest BCUT2D eigenvalue weighted by Gasteiger charge is -2.17. The first kappa shape index (κ1) is 14.9. The van der Waals surface area contributed by atoms with E-state index in [-0.39, 0.29) is 5.91 Å². The maximum Gasteiger partial charge on any atom is 0.222 e. The van der Waals surface area contributed by atoms with E-state index in [0.717, 1.165) is 43.9 Å². The van der Waals surface area contributed by atoms with Crippen LogP contribution in [0, 0.1) is 5.92 Å². The van der Waals surface area contributed by atoms with Crippen molar-refractivity contribution in [3.63, 3.8) is 0 Å². The highest BCUT2D eigenvalue weighted by molar-refractivity contribution is 5.76. The molecule has 1 aliphatic heterocycles. The van der Waals surface area contributed by atoms with Gasteiger partial charge in [0, 0.05) is 32.5 Å². The molecule has 20 heavy (non-hydrogen) atoms. The molecule has 110 valence electrons. The predicted molar refractivity (Wildman–Crippen MR) is 77.9 cm³/mol. The highest BCUT2D eigenvalue weighted by Crippen LogP contribution is 2.21. The Morgan fingerprint density at radius 1 is 1.35 bits per heavy atom. The van der Waals surface area contributed by atoms with E-state index in [2.05, 4.69) is 0 Å². The number of benzene rings is 1. The number of ether oxygens (including phenoxy) is 2. The first-order valence-electron chi connectivity index (χ1n) is 7.13. The van der Waals surface area contributed by atoms with E-state index in [4.69, 9.17) is 9.47 Å². The van der Waals surface area contributed by atoms with E-state index in [9.17, 15) is 4.79 Å². The van der Waals surface area contributed by atoms with Gasteiger partial charge in [-0.05, 0) is 24.5 Å². The second kappa shape index (κ2) is 7.29. The van der Waals surface area contributed by atoms with Gasteiger partial charge >= 0.3 is 0 Å². The maximum atomic E-state index is 12.2. The molecule has 2 rings (SSSR count). The largest absolute Gasteiger partial charge is 0.496 e. The van der Waals surface area contributed by atoms with Gasteiger partial charge in [-0.15, -0.1) is 0 Å². The molecule has 0 aromatic heterocycles. The Morgan fingerprint density at radius 2 is 2.15 bits per heavy atom. The van der Waals surface area contributed by atoms with E-state index in [0.29, 0.717) is 12.3 Å². The molecule has 1 aromatic carbocycles. The molecule has 1 aromatic rings. The summed E-state index contributed by atoms with van der Waals surface area (Å²) in [6.45, 7) is 2.44. The molecule has 0 N–H and O–H groups in total. The molecule has 0 spiro atoms. The number of nitrogens with zero attached hydrogens (tertiary/aromatic N) is 1. The SMILES string of the molecule is COC[C@H]1CCN(C(=O)CCc2ccccc2OC)C1. The van der Waals surface area contributed by atoms with E-state index in [1.807, 2.05) is 29.2 Å². The quantitative estimate of drug-likeness (QED) is 0.799. The molecule has 0 saturated carbocycles. The van der Waals surface area contributed by atoms with E-state index in [1.165, 1.54) is 0 Å². The van der Waals surface area contributed by atoms with Crippen molar-refractivity contribution in [3.8, 4) is 5.75 Å². The Morgan fingerprint density at radius 3 is 2.90 bits per heavy atom. The van der Waals surface area contributed by atoms with Crippen molar-refractivity contribution in [2.24, 2.45) is 5.92 Å². The lowest BCUT2D eigenvalue weighted by molar-refractivity contribution is -0.130. The Kier molecular flexibility index (Phi) is 5.41. The lowest BCUT2D eigenvalue weighted by atomic mass is 10.1. The van der Waals surface area contributed by atoms with Crippen molar-refractivity contribution >= 4 is 5.91 Å². The van der Waals surface area contributed by atoms with Crippen LogP contribution in [0.25, 0.3) is 0 Å². The van der Waals surface area contributed by atoms with Crippen molar-refractivity contribution in [1.29, 1.82) is 0 Å². The molecule has 1 saturated heterocycles. The first-order valence-corrected chi connectivity index (χ1v) is 7.13. The van der Waals surface area contributed by atoms with Crippen molar-refractivity contribution in [3.05, 3.63) is 29.8 Å². The molecule has 1 aliphatic rings. The Hall–Kier alpha value is -1.55. The van der Waals surface area contributed by atoms with Crippen LogP contribution in [0.1, 0.15) is 18.4 Å². The molecular weight excluding hydrogens is 254 g/mol. The van der Waals surface area contributed by atoms with Gasteiger partial charge in [0.25, 0.3) is 0 Å². The molecule has 0 bridgehead atoms. The highest BCUT2D eigenvalue weighted by atomic mass is 16.5. The number of methoxy groups -OCH3 is 2. The summed E-state index contributed by atoms with van der Waals surface area (Å²) in [5, 5.41) is 0. The van der Waals surface area contributed by atoms with E-state index in [1.54, 1.807) is 14.2 Å². The monoisotopic (exact) mass is 277 g/mol. The average Bonchev–Trinajstić information content (AvgIpc) is 2.94. The summed E-state index contributed by atoms with van der Waals surface area (Å²) in [6, 6.07) is 7.88. The zero-order valence-electron chi connectivity index (χ0n) is 12.3. The van der Waals surface area contributed by atoms with Crippen LogP contribution in [-0.4, -0.2) is 44.7 Å². The van der Waals surface area contributed by atoms with Crippen molar-refractivity contribution in [1.82, 2.24) is 4.90 Å². The van der Waals surface area contributed by atoms with Crippen molar-refractivity contribution < 1.29 is 14.3 Å². The third kappa shape index (κ3) is 3.73. The van der Waals surface area contributed by atoms with Gasteiger partial charge < -0.3 is 14.4 Å². The van der Waals surface area contributed by atoms with Gasteiger partial charge in [-0.3, -0.25) is 4.79 Å². The zero-order valence-corrected chi connectivity index (χ0v) is 12.3. The smallest absolute Gasteiger partial charge is 0.222 e. The fraction of sp³-hybridized carbons (Fsp3) is 0.562. The van der Waals surface area contributed by atoms with Gasteiger partial charge in [0.1, 0.15) is 5.75 Å². The molecule has 4 heteroatoms. The van der Waals surface area contributed by atoms with Gasteiger partial charge in [0.05, 0.1) is 13.7 Å². The van der Waals surface area contributed by atoms with Crippen molar-refractivity contribution in [2.75, 3.05) is 33.9 Å². The fourth-order valence-electron chi connectivity index (χ4n) is 2.74. The van der Waals surface area contributed by atoms with E-state index >= 15 is 0 Å². The minimum atomic E-state index is 0.231. The van der Waals surface area contributed by atoms with Crippen LogP contribution in [0.2, 0.25) is 0 Å². The molecule has 1 amide bonds. The lowest BCUT2D eigenvalue weighted by Crippen LogP contribution is -2.29. The number of rotatable bonds is 6. The maximum absolute atomic E-state index is 12.2. The number of hydrogen-bond acceptors (Lipinski definition) is 3. The molecular formula is C16H23NO3. The zero-order chi connectivity index (χ0) is 14.4. The summed E-state index contributed by atoms with van der Waals surface area (Å²) < 4.78 is 10.5. The van der Waals surface area contributed by atoms with Crippen LogP contribution in [0.4, 0.5) is 0 Å². The fourth-order valence-corrected chi connectivity index (χ4v) is 2.74. The first-order chi connectivity index (χ1) is 9.74. The van der Waals surface area contributed by atoms with Crippen LogP contribution in [0.15, 0.2) is 24.3 Å². The normalized spacial score (nSPS) is 18.3. The second-order valence-electron chi connectivity index (χ2n) is 5.26. The molecule has 1 fully saturated rings. The van der Waals surface area contributed by atoms with Crippen LogP contribution in [0.5, 0.6) is 5.75 Å². The number of carbonyl (C=O) groups excluding carboxylic acids is 1. The molecule has 0 unspecified atom stereocenters. The molecule has 0 radical (unpaired) electrons. The Labute approximate surface area is 120 Å². The third-order valence-electron chi connectivity index (χ3n) is 3.84. The third-order valence-corrected chi connectivity index (χ3v) is 3.84. The summed E-state index contributed by atoms with van der Waals surface area (Å²) in [4.78, 5) is 14.2. The number of likely N-dealkylation sites (tertiary alicyclic amines) is 1. The molecule has 4 nitrogen and oxygen atoms in total. The Balaban J connectivity index is 1.83. The number of hydrogen-bond donors (Lipinski definition) is 0. The standard InChI is InChI=1S/C16H23NO3/c1-19-12-13-9-10-17(11-13)16(18)8-7-14-5-3-4-6-15(14)20-2/h3-6,13H,7-12H2,1-2H3/t13-/m0/s1. The highest BCUT2D eigenvalue weighted by Gasteiger charge is 2.25. The molecule has 0 aliphatic carbocycles. The number of carbonyl (C=O) groups is 1. The van der Waals surface area contributed by atoms with Gasteiger partial charge in [-0.1, -0.05) is 18.2 Å². The van der Waals surface area contributed by atoms with Gasteiger partial charge in [-0.25, -0.2) is 0 Å². The van der Waals surface area contributed by atoms with Crippen LogP contribution >= 0.6 is 0 Å². The summed E-state index contributed by atoms with van der Waals surface area (Å²) >= 11 is 0. The average molecular weight is 277 g/mol. The summed E-state index contributed by atoms with van der Waals surface area (Å²) in [7, 11) is 3.38. The topological polar surface area (TPSA) is 38.8 Å². The Bertz CT molecular complexity index is 447. The minimum absolute atomic E-state index is 0.231. The number of aryl methyl sites for hydroxylation is 1.